The molecule has 0 aliphatic rings. The van der Waals surface area contributed by atoms with E-state index in [1.54, 1.807) is 26.1 Å². The third-order valence-electron chi connectivity index (χ3n) is 1.73. The Bertz CT molecular complexity index is 410. The average molecular weight is 228 g/mol. The van der Waals surface area contributed by atoms with Gasteiger partial charge in [-0.25, -0.2) is 13.1 Å². The number of nitrogens with zero attached hydrogens (tertiary/aromatic N) is 1. The van der Waals surface area contributed by atoms with Gasteiger partial charge in [0.25, 0.3) is 0 Å². The zero-order valence-electron chi connectivity index (χ0n) is 9.19. The first-order chi connectivity index (χ1) is 6.89. The molecule has 1 heterocycles. The Labute approximate surface area is 90.8 Å². The molecule has 0 fully saturated rings. The van der Waals surface area contributed by atoms with E-state index in [1.807, 2.05) is 13.0 Å². The Kier molecular flexibility index (Phi) is 3.82. The normalized spacial score (nSPS) is 12.0. The van der Waals surface area contributed by atoms with E-state index in [1.165, 1.54) is 0 Å². The number of nitrogens with one attached hydrogen (secondary N) is 1. The minimum absolute atomic E-state index is 0.0640. The lowest BCUT2D eigenvalue weighted by atomic mass is 10.3. The highest BCUT2D eigenvalue weighted by Crippen LogP contribution is 2.03. The van der Waals surface area contributed by atoms with Crippen LogP contribution in [0.2, 0.25) is 0 Å². The van der Waals surface area contributed by atoms with Crippen LogP contribution in [0.4, 0.5) is 0 Å². The van der Waals surface area contributed by atoms with Gasteiger partial charge in [0.05, 0.1) is 5.69 Å². The summed E-state index contributed by atoms with van der Waals surface area (Å²) in [5.41, 5.74) is 1.58. The molecule has 0 aromatic carbocycles. The quantitative estimate of drug-likeness (QED) is 0.843. The van der Waals surface area contributed by atoms with Gasteiger partial charge in [0.2, 0.25) is 10.0 Å². The van der Waals surface area contributed by atoms with E-state index in [9.17, 15) is 8.42 Å². The van der Waals surface area contributed by atoms with Gasteiger partial charge < -0.3 is 0 Å². The van der Waals surface area contributed by atoms with E-state index in [-0.39, 0.29) is 11.8 Å². The summed E-state index contributed by atoms with van der Waals surface area (Å²) in [6.07, 6.45) is 1.67. The lowest BCUT2D eigenvalue weighted by Crippen LogP contribution is -2.31. The van der Waals surface area contributed by atoms with Gasteiger partial charge in [-0.2, -0.15) is 0 Å². The summed E-state index contributed by atoms with van der Waals surface area (Å²) in [5.74, 6) is -0.0640. The first kappa shape index (κ1) is 12.1. The molecule has 4 nitrogen and oxygen atoms in total. The molecule has 1 N–H and O–H groups in total. The van der Waals surface area contributed by atoms with Crippen molar-refractivity contribution in [3.05, 3.63) is 29.6 Å². The fourth-order valence-electron chi connectivity index (χ4n) is 1.18. The van der Waals surface area contributed by atoms with Crippen LogP contribution < -0.4 is 4.72 Å². The van der Waals surface area contributed by atoms with Crippen LogP contribution in [0.1, 0.15) is 25.1 Å². The molecule has 0 saturated heterocycles. The van der Waals surface area contributed by atoms with Crippen LogP contribution in [0.15, 0.2) is 18.3 Å². The summed E-state index contributed by atoms with van der Waals surface area (Å²) in [7, 11) is -3.26. The molecule has 5 heteroatoms. The monoisotopic (exact) mass is 228 g/mol. The molecule has 0 unspecified atom stereocenters. The molecule has 15 heavy (non-hydrogen) atoms. The van der Waals surface area contributed by atoms with Crippen LogP contribution in [-0.2, 0) is 15.8 Å². The van der Waals surface area contributed by atoms with Crippen molar-refractivity contribution < 1.29 is 8.42 Å². The Hall–Kier alpha value is -0.940. The number of pyridine rings is 1. The number of sulfonamides is 1. The maximum atomic E-state index is 11.5. The highest BCUT2D eigenvalue weighted by atomic mass is 32.2. The van der Waals surface area contributed by atoms with E-state index in [4.69, 9.17) is 0 Å². The summed E-state index contributed by atoms with van der Waals surface area (Å²) >= 11 is 0. The maximum Gasteiger partial charge on any atom is 0.217 e. The van der Waals surface area contributed by atoms with Gasteiger partial charge in [0.1, 0.15) is 5.75 Å². The van der Waals surface area contributed by atoms with Crippen LogP contribution in [0.25, 0.3) is 0 Å². The second-order valence-corrected chi connectivity index (χ2v) is 5.61. The summed E-state index contributed by atoms with van der Waals surface area (Å²) < 4.78 is 25.6. The molecule has 1 aromatic rings. The molecule has 0 amide bonds. The van der Waals surface area contributed by atoms with Gasteiger partial charge in [-0.15, -0.1) is 0 Å². The van der Waals surface area contributed by atoms with Crippen molar-refractivity contribution in [2.45, 2.75) is 32.6 Å². The molecule has 0 aliphatic carbocycles. The molecule has 0 radical (unpaired) electrons. The fourth-order valence-corrected chi connectivity index (χ4v) is 2.54. The van der Waals surface area contributed by atoms with E-state index in [2.05, 4.69) is 9.71 Å². The van der Waals surface area contributed by atoms with Crippen LogP contribution >= 0.6 is 0 Å². The van der Waals surface area contributed by atoms with Crippen molar-refractivity contribution in [2.24, 2.45) is 0 Å². The Balaban J connectivity index is 2.73. The minimum Gasteiger partial charge on any atom is -0.260 e. The molecule has 1 aromatic heterocycles. The Morgan fingerprint density at radius 1 is 1.40 bits per heavy atom. The van der Waals surface area contributed by atoms with E-state index < -0.39 is 10.0 Å². The molecule has 0 saturated carbocycles. The third kappa shape index (κ3) is 4.40. The molecule has 0 bridgehead atoms. The first-order valence-corrected chi connectivity index (χ1v) is 6.46. The second-order valence-electron chi connectivity index (χ2n) is 3.86. The Morgan fingerprint density at radius 3 is 2.53 bits per heavy atom. The van der Waals surface area contributed by atoms with Crippen molar-refractivity contribution in [2.75, 3.05) is 0 Å². The van der Waals surface area contributed by atoms with Gasteiger partial charge in [0.15, 0.2) is 0 Å². The predicted octanol–water partition coefficient (Wildman–Crippen LogP) is 1.22. The summed E-state index contributed by atoms with van der Waals surface area (Å²) in [6.45, 7) is 5.50. The lowest BCUT2D eigenvalue weighted by Gasteiger charge is -2.08. The molecular weight excluding hydrogens is 212 g/mol. The average Bonchev–Trinajstić information content (AvgIpc) is 2.06. The number of rotatable bonds is 4. The molecule has 0 atom stereocenters. The summed E-state index contributed by atoms with van der Waals surface area (Å²) in [5, 5.41) is 0. The van der Waals surface area contributed by atoms with E-state index in [0.29, 0.717) is 5.69 Å². The maximum absolute atomic E-state index is 11.5. The topological polar surface area (TPSA) is 59.1 Å². The zero-order chi connectivity index (χ0) is 11.5. The zero-order valence-corrected chi connectivity index (χ0v) is 10.0. The van der Waals surface area contributed by atoms with Crippen molar-refractivity contribution in [3.8, 4) is 0 Å². The standard InChI is InChI=1S/C10H16N2O2S/c1-8(2)12-15(13,14)7-10-5-4-9(3)6-11-10/h4-6,8,12H,7H2,1-3H3. The Morgan fingerprint density at radius 2 is 2.07 bits per heavy atom. The van der Waals surface area contributed by atoms with Gasteiger partial charge in [-0.05, 0) is 32.4 Å². The summed E-state index contributed by atoms with van der Waals surface area (Å²) in [6, 6.07) is 3.50. The first-order valence-electron chi connectivity index (χ1n) is 4.80. The lowest BCUT2D eigenvalue weighted by molar-refractivity contribution is 0.568. The molecular formula is C10H16N2O2S. The SMILES string of the molecule is Cc1ccc(CS(=O)(=O)NC(C)C)nc1. The molecule has 84 valence electrons. The van der Waals surface area contributed by atoms with Gasteiger partial charge in [-0.3, -0.25) is 4.98 Å². The van der Waals surface area contributed by atoms with Crippen LogP contribution in [0, 0.1) is 6.92 Å². The fraction of sp³-hybridized carbons (Fsp3) is 0.500. The van der Waals surface area contributed by atoms with Gasteiger partial charge in [-0.1, -0.05) is 6.07 Å². The van der Waals surface area contributed by atoms with Gasteiger partial charge in [0, 0.05) is 12.2 Å². The van der Waals surface area contributed by atoms with Crippen molar-refractivity contribution in [3.63, 3.8) is 0 Å². The van der Waals surface area contributed by atoms with Crippen molar-refractivity contribution in [1.82, 2.24) is 9.71 Å². The largest absolute Gasteiger partial charge is 0.260 e. The van der Waals surface area contributed by atoms with Crippen LogP contribution in [-0.4, -0.2) is 19.4 Å². The molecule has 0 aliphatic heterocycles. The smallest absolute Gasteiger partial charge is 0.217 e. The molecule has 0 spiro atoms. The van der Waals surface area contributed by atoms with Crippen LogP contribution in [0.3, 0.4) is 0 Å². The predicted molar refractivity (Wildman–Crippen MR) is 59.9 cm³/mol. The van der Waals surface area contributed by atoms with Crippen LogP contribution in [0.5, 0.6) is 0 Å². The van der Waals surface area contributed by atoms with Gasteiger partial charge >= 0.3 is 0 Å². The van der Waals surface area contributed by atoms with Crippen molar-refractivity contribution >= 4 is 10.0 Å². The molecule has 1 rings (SSSR count). The number of aryl methyl sites for hydroxylation is 1. The number of hydrogen-bond acceptors (Lipinski definition) is 3. The summed E-state index contributed by atoms with van der Waals surface area (Å²) in [4.78, 5) is 4.05. The number of aromatic nitrogens is 1. The van der Waals surface area contributed by atoms with Crippen molar-refractivity contribution in [1.29, 1.82) is 0 Å². The van der Waals surface area contributed by atoms with E-state index >= 15 is 0 Å². The minimum atomic E-state index is -3.26. The number of hydrogen-bond donors (Lipinski definition) is 1. The highest BCUT2D eigenvalue weighted by molar-refractivity contribution is 7.88. The highest BCUT2D eigenvalue weighted by Gasteiger charge is 2.13. The second kappa shape index (κ2) is 4.72. The third-order valence-corrected chi connectivity index (χ3v) is 3.23. The van der Waals surface area contributed by atoms with E-state index in [0.717, 1.165) is 5.56 Å².